The van der Waals surface area contributed by atoms with Crippen LogP contribution >= 0.6 is 0 Å². The van der Waals surface area contributed by atoms with Crippen LogP contribution in [0.1, 0.15) is 84.6 Å². The van der Waals surface area contributed by atoms with Crippen LogP contribution in [0.2, 0.25) is 0 Å². The maximum Gasteiger partial charge on any atom is 0.326 e. The van der Waals surface area contributed by atoms with Crippen molar-refractivity contribution in [1.29, 1.82) is 0 Å². The molecular weight excluding hydrogens is 851 g/mol. The summed E-state index contributed by atoms with van der Waals surface area (Å²) in [4.78, 5) is 130. The van der Waals surface area contributed by atoms with Gasteiger partial charge in [0, 0.05) is 25.4 Å². The fourth-order valence-corrected chi connectivity index (χ4v) is 7.12. The standard InChI is InChI=1S/C42H67N11O12/c1-5-23(4)35(41(63)51-34(22(2)3)40(62)49-28(42(64)65)14-16-32(45)56)52-39(61)30-12-9-17-53(30)20-25(18-24-10-7-6-8-11-24)47-38(60)29(19-33(46)57)50-37(59)27(13-15-31(44)55)48-36(58)26(43)21-54/h6-8,10-11,22-23,25-30,34-35,54H,5,9,12-21,43H2,1-4H3,(H2,44,55)(H2,45,56)(H2,46,57)(H,47,60)(H,48,58)(H,49,62)(H,50,59)(H,51,63)(H,52,61)(H,64,65). The Labute approximate surface area is 377 Å². The van der Waals surface area contributed by atoms with Gasteiger partial charge in [-0.3, -0.25) is 48.1 Å². The molecule has 0 spiro atoms. The van der Waals surface area contributed by atoms with Crippen molar-refractivity contribution in [2.45, 2.75) is 134 Å². The maximum atomic E-state index is 14.1. The van der Waals surface area contributed by atoms with Gasteiger partial charge >= 0.3 is 5.97 Å². The summed E-state index contributed by atoms with van der Waals surface area (Å²) in [6, 6.07) is -0.683. The van der Waals surface area contributed by atoms with Gasteiger partial charge in [0.15, 0.2) is 0 Å². The van der Waals surface area contributed by atoms with Crippen molar-refractivity contribution in [3.8, 4) is 0 Å². The van der Waals surface area contributed by atoms with E-state index in [9.17, 15) is 58.2 Å². The van der Waals surface area contributed by atoms with E-state index in [0.29, 0.717) is 25.8 Å². The average Bonchev–Trinajstić information content (AvgIpc) is 3.71. The molecule has 9 unspecified atom stereocenters. The predicted octanol–water partition coefficient (Wildman–Crippen LogP) is -3.89. The second kappa shape index (κ2) is 27.2. The van der Waals surface area contributed by atoms with Crippen molar-refractivity contribution < 1.29 is 58.2 Å². The third-order valence-corrected chi connectivity index (χ3v) is 11.0. The molecule has 23 nitrogen and oxygen atoms in total. The van der Waals surface area contributed by atoms with Crippen LogP contribution in [0.15, 0.2) is 30.3 Å². The normalized spacial score (nSPS) is 17.4. The number of nitrogens with two attached hydrogens (primary N) is 4. The molecule has 23 heteroatoms. The minimum absolute atomic E-state index is 0.0859. The van der Waals surface area contributed by atoms with Crippen molar-refractivity contribution >= 4 is 59.1 Å². The summed E-state index contributed by atoms with van der Waals surface area (Å²) in [6.45, 7) is 6.60. The Morgan fingerprint density at radius 2 is 1.26 bits per heavy atom. The number of carboxylic acid groups (broad SMARTS) is 1. The largest absolute Gasteiger partial charge is 0.480 e. The molecule has 1 fully saturated rings. The minimum Gasteiger partial charge on any atom is -0.480 e. The van der Waals surface area contributed by atoms with Gasteiger partial charge in [-0.1, -0.05) is 64.4 Å². The number of likely N-dealkylation sites (tertiary alicyclic amines) is 1. The summed E-state index contributed by atoms with van der Waals surface area (Å²) >= 11 is 0. The first kappa shape index (κ1) is 54.9. The monoisotopic (exact) mass is 917 g/mol. The molecule has 1 saturated heterocycles. The number of hydrogen-bond donors (Lipinski definition) is 12. The lowest BCUT2D eigenvalue weighted by molar-refractivity contribution is -0.143. The first-order chi connectivity index (χ1) is 30.6. The zero-order chi connectivity index (χ0) is 49.0. The molecule has 0 bridgehead atoms. The number of aliphatic carboxylic acids is 1. The van der Waals surface area contributed by atoms with E-state index in [-0.39, 0.29) is 38.6 Å². The molecule has 9 amide bonds. The number of carbonyl (C=O) groups excluding carboxylic acids is 9. The summed E-state index contributed by atoms with van der Waals surface area (Å²) in [5.41, 5.74) is 22.3. The number of primary amides is 3. The van der Waals surface area contributed by atoms with Crippen molar-refractivity contribution in [1.82, 2.24) is 36.8 Å². The number of aliphatic hydroxyl groups excluding tert-OH is 1. The average molecular weight is 918 g/mol. The Kier molecular flexibility index (Phi) is 23.0. The Morgan fingerprint density at radius 1 is 0.708 bits per heavy atom. The van der Waals surface area contributed by atoms with Gasteiger partial charge in [-0.15, -0.1) is 0 Å². The predicted molar refractivity (Wildman–Crippen MR) is 234 cm³/mol. The van der Waals surface area contributed by atoms with E-state index in [1.54, 1.807) is 39.0 Å². The quantitative estimate of drug-likeness (QED) is 0.0366. The lowest BCUT2D eigenvalue weighted by Gasteiger charge is -2.32. The lowest BCUT2D eigenvalue weighted by atomic mass is 9.95. The number of aliphatic hydroxyl groups is 1. The second-order valence-corrected chi connectivity index (χ2v) is 16.6. The van der Waals surface area contributed by atoms with Crippen molar-refractivity contribution in [3.63, 3.8) is 0 Å². The van der Waals surface area contributed by atoms with E-state index in [1.165, 1.54) is 0 Å². The Hall–Kier alpha value is -6.20. The highest BCUT2D eigenvalue weighted by molar-refractivity contribution is 5.96. The van der Waals surface area contributed by atoms with Gasteiger partial charge in [0.2, 0.25) is 53.2 Å². The number of rotatable bonds is 29. The molecule has 0 saturated carbocycles. The molecule has 1 aromatic rings. The van der Waals surface area contributed by atoms with Crippen LogP contribution in [0, 0.1) is 11.8 Å². The van der Waals surface area contributed by atoms with Gasteiger partial charge in [-0.2, -0.15) is 0 Å². The Morgan fingerprint density at radius 3 is 1.80 bits per heavy atom. The minimum atomic E-state index is -1.56. The van der Waals surface area contributed by atoms with E-state index in [0.717, 1.165) is 5.56 Å². The number of amides is 9. The van der Waals surface area contributed by atoms with Crippen LogP contribution < -0.4 is 54.8 Å². The summed E-state index contributed by atoms with van der Waals surface area (Å²) in [5, 5.41) is 34.4. The van der Waals surface area contributed by atoms with Crippen molar-refractivity contribution in [3.05, 3.63) is 35.9 Å². The SMILES string of the molecule is CCC(C)C(NC(=O)C1CCCN1CC(Cc1ccccc1)NC(=O)C(CC(N)=O)NC(=O)C(CCC(N)=O)NC(=O)C(N)CO)C(=O)NC(C(=O)NC(CCC(N)=O)C(=O)O)C(C)C. The summed E-state index contributed by atoms with van der Waals surface area (Å²) in [6.07, 6.45) is -0.245. The topological polar surface area (TPSA) is 391 Å². The molecular formula is C42H67N11O12. The van der Waals surface area contributed by atoms with Gasteiger partial charge in [-0.05, 0) is 56.0 Å². The Balaban J connectivity index is 2.35. The number of nitrogens with zero attached hydrogens (tertiary/aromatic N) is 1. The Bertz CT molecular complexity index is 1830. The summed E-state index contributed by atoms with van der Waals surface area (Å²) in [7, 11) is 0. The van der Waals surface area contributed by atoms with Crippen molar-refractivity contribution in [2.75, 3.05) is 19.7 Å². The van der Waals surface area contributed by atoms with Crippen molar-refractivity contribution in [2.24, 2.45) is 34.8 Å². The van der Waals surface area contributed by atoms with Gasteiger partial charge < -0.3 is 65.0 Å². The fourth-order valence-electron chi connectivity index (χ4n) is 7.12. The van der Waals surface area contributed by atoms with E-state index in [4.69, 9.17) is 22.9 Å². The number of hydrogen-bond acceptors (Lipinski definition) is 13. The summed E-state index contributed by atoms with van der Waals surface area (Å²) in [5.74, 6) is -9.54. The second-order valence-electron chi connectivity index (χ2n) is 16.6. The number of nitrogens with one attached hydrogen (secondary N) is 6. The maximum absolute atomic E-state index is 14.1. The van der Waals surface area contributed by atoms with Crippen LogP contribution in [0.3, 0.4) is 0 Å². The lowest BCUT2D eigenvalue weighted by Crippen LogP contribution is -2.60. The van der Waals surface area contributed by atoms with Crippen LogP contribution in [-0.2, 0) is 54.4 Å². The smallest absolute Gasteiger partial charge is 0.326 e. The van der Waals surface area contributed by atoms with Gasteiger partial charge in [0.05, 0.1) is 19.1 Å². The molecule has 362 valence electrons. The number of carboxylic acids is 1. The molecule has 1 aliphatic rings. The highest BCUT2D eigenvalue weighted by atomic mass is 16.4. The van der Waals surface area contributed by atoms with Gasteiger partial charge in [-0.25, -0.2) is 4.79 Å². The van der Waals surface area contributed by atoms with Gasteiger partial charge in [0.25, 0.3) is 0 Å². The first-order valence-electron chi connectivity index (χ1n) is 21.6. The van der Waals surface area contributed by atoms with E-state index in [2.05, 4.69) is 31.9 Å². The molecule has 1 aliphatic heterocycles. The number of benzene rings is 1. The molecule has 0 aliphatic carbocycles. The summed E-state index contributed by atoms with van der Waals surface area (Å²) < 4.78 is 0. The van der Waals surface area contributed by atoms with E-state index >= 15 is 0 Å². The third-order valence-electron chi connectivity index (χ3n) is 11.0. The van der Waals surface area contributed by atoms with Crippen LogP contribution in [0.5, 0.6) is 0 Å². The van der Waals surface area contributed by atoms with Crippen LogP contribution in [0.25, 0.3) is 0 Å². The van der Waals surface area contributed by atoms with Gasteiger partial charge in [0.1, 0.15) is 36.3 Å². The first-order valence-corrected chi connectivity index (χ1v) is 21.6. The molecule has 9 atom stereocenters. The molecule has 2 rings (SSSR count). The molecule has 0 aromatic heterocycles. The fraction of sp³-hybridized carbons (Fsp3) is 0.619. The molecule has 16 N–H and O–H groups in total. The van der Waals surface area contributed by atoms with E-state index < -0.39 is 132 Å². The molecule has 65 heavy (non-hydrogen) atoms. The highest BCUT2D eigenvalue weighted by Gasteiger charge is 2.38. The third kappa shape index (κ3) is 18.8. The molecule has 0 radical (unpaired) electrons. The zero-order valence-corrected chi connectivity index (χ0v) is 37.4. The number of carbonyl (C=O) groups is 10. The van der Waals surface area contributed by atoms with E-state index in [1.807, 2.05) is 24.0 Å². The zero-order valence-electron chi connectivity index (χ0n) is 37.4. The highest BCUT2D eigenvalue weighted by Crippen LogP contribution is 2.21. The molecule has 1 heterocycles. The molecule has 1 aromatic carbocycles. The van der Waals surface area contributed by atoms with Crippen LogP contribution in [0.4, 0.5) is 0 Å². The van der Waals surface area contributed by atoms with Crippen LogP contribution in [-0.4, -0.2) is 142 Å².